The van der Waals surface area contributed by atoms with Crippen molar-refractivity contribution in [3.63, 3.8) is 0 Å². The van der Waals surface area contributed by atoms with Crippen LogP contribution in [0.3, 0.4) is 0 Å². The quantitative estimate of drug-likeness (QED) is 0.854. The summed E-state index contributed by atoms with van der Waals surface area (Å²) in [5.41, 5.74) is 1.83. The lowest BCUT2D eigenvalue weighted by Gasteiger charge is -2.38. The van der Waals surface area contributed by atoms with Crippen LogP contribution in [0.25, 0.3) is 0 Å². The fourth-order valence-electron chi connectivity index (χ4n) is 2.85. The summed E-state index contributed by atoms with van der Waals surface area (Å²) in [6.45, 7) is 3.07. The SMILES string of the molecule is C[C@H]1CO[C@H](c2cccc(Cl)c2)CN1C(=O)CCc1cnccn1. The molecule has 126 valence electrons. The Bertz CT molecular complexity index is 696. The van der Waals surface area contributed by atoms with Crippen LogP contribution in [0.4, 0.5) is 0 Å². The van der Waals surface area contributed by atoms with Gasteiger partial charge in [-0.25, -0.2) is 0 Å². The van der Waals surface area contributed by atoms with Gasteiger partial charge in [-0.05, 0) is 31.0 Å². The van der Waals surface area contributed by atoms with Crippen LogP contribution in [0.1, 0.15) is 30.7 Å². The molecule has 0 spiro atoms. The Morgan fingerprint density at radius 3 is 3.04 bits per heavy atom. The van der Waals surface area contributed by atoms with Gasteiger partial charge in [-0.1, -0.05) is 23.7 Å². The maximum Gasteiger partial charge on any atom is 0.223 e. The van der Waals surface area contributed by atoms with Gasteiger partial charge < -0.3 is 9.64 Å². The maximum atomic E-state index is 12.6. The molecule has 2 atom stereocenters. The van der Waals surface area contributed by atoms with E-state index in [1.54, 1.807) is 18.6 Å². The third kappa shape index (κ3) is 4.10. The molecule has 0 radical (unpaired) electrons. The molecule has 0 N–H and O–H groups in total. The summed E-state index contributed by atoms with van der Waals surface area (Å²) in [4.78, 5) is 22.8. The number of amides is 1. The summed E-state index contributed by atoms with van der Waals surface area (Å²) in [6, 6.07) is 7.67. The Labute approximate surface area is 146 Å². The lowest BCUT2D eigenvalue weighted by Crippen LogP contribution is -2.48. The van der Waals surface area contributed by atoms with E-state index >= 15 is 0 Å². The van der Waals surface area contributed by atoms with Crippen molar-refractivity contribution in [2.45, 2.75) is 31.9 Å². The van der Waals surface area contributed by atoms with E-state index in [-0.39, 0.29) is 18.1 Å². The topological polar surface area (TPSA) is 55.3 Å². The largest absolute Gasteiger partial charge is 0.370 e. The van der Waals surface area contributed by atoms with Gasteiger partial charge in [-0.3, -0.25) is 14.8 Å². The van der Waals surface area contributed by atoms with Crippen LogP contribution in [-0.2, 0) is 16.0 Å². The average Bonchev–Trinajstić information content (AvgIpc) is 2.61. The van der Waals surface area contributed by atoms with E-state index in [1.807, 2.05) is 36.1 Å². The fourth-order valence-corrected chi connectivity index (χ4v) is 3.05. The predicted octanol–water partition coefficient (Wildman–Crippen LogP) is 3.05. The summed E-state index contributed by atoms with van der Waals surface area (Å²) in [5.74, 6) is 0.114. The van der Waals surface area contributed by atoms with Gasteiger partial charge >= 0.3 is 0 Å². The lowest BCUT2D eigenvalue weighted by molar-refractivity contribution is -0.144. The number of benzene rings is 1. The molecule has 0 unspecified atom stereocenters. The smallest absolute Gasteiger partial charge is 0.223 e. The Morgan fingerprint density at radius 2 is 2.29 bits per heavy atom. The van der Waals surface area contributed by atoms with Crippen molar-refractivity contribution in [3.8, 4) is 0 Å². The van der Waals surface area contributed by atoms with Crippen LogP contribution in [0.15, 0.2) is 42.9 Å². The number of aromatic nitrogens is 2. The first-order valence-corrected chi connectivity index (χ1v) is 8.42. The van der Waals surface area contributed by atoms with Crippen LogP contribution in [0.5, 0.6) is 0 Å². The Hall–Kier alpha value is -1.98. The molecule has 1 aromatic carbocycles. The zero-order valence-corrected chi connectivity index (χ0v) is 14.3. The number of rotatable bonds is 4. The highest BCUT2D eigenvalue weighted by Gasteiger charge is 2.30. The molecule has 1 fully saturated rings. The summed E-state index contributed by atoms with van der Waals surface area (Å²) in [5, 5.41) is 0.676. The third-order valence-electron chi connectivity index (χ3n) is 4.19. The molecule has 5 nitrogen and oxygen atoms in total. The van der Waals surface area contributed by atoms with Gasteiger partial charge in [0.05, 0.1) is 24.9 Å². The standard InChI is InChI=1S/C18H20ClN3O2/c1-13-12-24-17(14-3-2-4-15(19)9-14)11-22(13)18(23)6-5-16-10-20-7-8-21-16/h2-4,7-10,13,17H,5-6,11-12H2,1H3/t13-,17-/m0/s1. The van der Waals surface area contributed by atoms with E-state index in [2.05, 4.69) is 9.97 Å². The van der Waals surface area contributed by atoms with E-state index in [9.17, 15) is 4.79 Å². The number of carbonyl (C=O) groups excluding carboxylic acids is 1. The minimum Gasteiger partial charge on any atom is -0.370 e. The van der Waals surface area contributed by atoms with E-state index < -0.39 is 0 Å². The van der Waals surface area contributed by atoms with Crippen molar-refractivity contribution in [2.75, 3.05) is 13.2 Å². The molecular weight excluding hydrogens is 326 g/mol. The van der Waals surface area contributed by atoms with Crippen LogP contribution in [0.2, 0.25) is 5.02 Å². The minimum absolute atomic E-state index is 0.0646. The fraction of sp³-hybridized carbons (Fsp3) is 0.389. The molecular formula is C18H20ClN3O2. The summed E-state index contributed by atoms with van der Waals surface area (Å²) < 4.78 is 5.90. The zero-order chi connectivity index (χ0) is 16.9. The van der Waals surface area contributed by atoms with Crippen molar-refractivity contribution in [1.82, 2.24) is 14.9 Å². The second kappa shape index (κ2) is 7.73. The summed E-state index contributed by atoms with van der Waals surface area (Å²) in [7, 11) is 0. The molecule has 0 saturated carbocycles. The second-order valence-corrected chi connectivity index (χ2v) is 6.41. The third-order valence-corrected chi connectivity index (χ3v) is 4.42. The summed E-state index contributed by atoms with van der Waals surface area (Å²) >= 11 is 6.06. The number of aryl methyl sites for hydroxylation is 1. The van der Waals surface area contributed by atoms with Crippen LogP contribution >= 0.6 is 11.6 Å². The molecule has 3 rings (SSSR count). The van der Waals surface area contributed by atoms with Crippen molar-refractivity contribution < 1.29 is 9.53 Å². The van der Waals surface area contributed by atoms with Gasteiger partial charge in [0.2, 0.25) is 5.91 Å². The predicted molar refractivity (Wildman–Crippen MR) is 91.7 cm³/mol. The number of nitrogens with zero attached hydrogens (tertiary/aromatic N) is 3. The van der Waals surface area contributed by atoms with Crippen LogP contribution < -0.4 is 0 Å². The number of hydrogen-bond acceptors (Lipinski definition) is 4. The van der Waals surface area contributed by atoms with Crippen LogP contribution in [-0.4, -0.2) is 40.0 Å². The Morgan fingerprint density at radius 1 is 1.42 bits per heavy atom. The van der Waals surface area contributed by atoms with Gasteiger partial charge in [-0.2, -0.15) is 0 Å². The first-order chi connectivity index (χ1) is 11.6. The van der Waals surface area contributed by atoms with Gasteiger partial charge in [0.1, 0.15) is 6.10 Å². The molecule has 2 aromatic rings. The molecule has 0 bridgehead atoms. The number of carbonyl (C=O) groups is 1. The lowest BCUT2D eigenvalue weighted by atomic mass is 10.1. The second-order valence-electron chi connectivity index (χ2n) is 5.97. The first-order valence-electron chi connectivity index (χ1n) is 8.05. The Kier molecular flexibility index (Phi) is 5.43. The van der Waals surface area contributed by atoms with E-state index in [0.717, 1.165) is 11.3 Å². The number of halogens is 1. The molecule has 1 aliphatic rings. The van der Waals surface area contributed by atoms with Gasteiger partial charge in [0.25, 0.3) is 0 Å². The Balaban J connectivity index is 1.64. The number of ether oxygens (including phenoxy) is 1. The molecule has 2 heterocycles. The zero-order valence-electron chi connectivity index (χ0n) is 13.6. The van der Waals surface area contributed by atoms with Crippen molar-refractivity contribution >= 4 is 17.5 Å². The molecule has 1 aliphatic heterocycles. The van der Waals surface area contributed by atoms with Crippen LogP contribution in [0, 0.1) is 0 Å². The van der Waals surface area contributed by atoms with E-state index in [0.29, 0.717) is 31.0 Å². The molecule has 24 heavy (non-hydrogen) atoms. The monoisotopic (exact) mass is 345 g/mol. The van der Waals surface area contributed by atoms with Gasteiger partial charge in [0, 0.05) is 30.0 Å². The first kappa shape index (κ1) is 16.9. The molecule has 6 heteroatoms. The average molecular weight is 346 g/mol. The van der Waals surface area contributed by atoms with Gasteiger partial charge in [-0.15, -0.1) is 0 Å². The van der Waals surface area contributed by atoms with Crippen molar-refractivity contribution in [3.05, 3.63) is 59.1 Å². The molecule has 0 aliphatic carbocycles. The van der Waals surface area contributed by atoms with Crippen molar-refractivity contribution in [1.29, 1.82) is 0 Å². The van der Waals surface area contributed by atoms with E-state index in [1.165, 1.54) is 0 Å². The van der Waals surface area contributed by atoms with Crippen molar-refractivity contribution in [2.24, 2.45) is 0 Å². The number of hydrogen-bond donors (Lipinski definition) is 0. The minimum atomic E-state index is -0.139. The molecule has 1 amide bonds. The normalized spacial score (nSPS) is 20.8. The maximum absolute atomic E-state index is 12.6. The van der Waals surface area contributed by atoms with E-state index in [4.69, 9.17) is 16.3 Å². The highest BCUT2D eigenvalue weighted by Crippen LogP contribution is 2.27. The summed E-state index contributed by atoms with van der Waals surface area (Å²) in [6.07, 6.45) is 5.85. The molecule has 1 saturated heterocycles. The highest BCUT2D eigenvalue weighted by molar-refractivity contribution is 6.30. The van der Waals surface area contributed by atoms with Gasteiger partial charge in [0.15, 0.2) is 0 Å². The highest BCUT2D eigenvalue weighted by atomic mass is 35.5. The molecule has 1 aromatic heterocycles. The number of morpholine rings is 1.